The second-order valence-electron chi connectivity index (χ2n) is 13.3. The predicted octanol–water partition coefficient (Wildman–Crippen LogP) is 4.95. The van der Waals surface area contributed by atoms with E-state index in [1.165, 1.54) is 57.8 Å². The maximum absolute atomic E-state index is 11.5. The van der Waals surface area contributed by atoms with Gasteiger partial charge in [-0.15, -0.1) is 0 Å². The summed E-state index contributed by atoms with van der Waals surface area (Å²) in [5, 5.41) is 19.0. The first-order chi connectivity index (χ1) is 15.8. The van der Waals surface area contributed by atoms with Crippen molar-refractivity contribution in [2.45, 2.75) is 110 Å². The van der Waals surface area contributed by atoms with Crippen LogP contribution in [-0.4, -0.2) is 43.4 Å². The van der Waals surface area contributed by atoms with E-state index in [1.807, 2.05) is 0 Å². The summed E-state index contributed by atoms with van der Waals surface area (Å²) in [6.45, 7) is 14.2. The number of aliphatic hydroxyl groups excluding tert-OH is 1. The molecule has 4 saturated carbocycles. The van der Waals surface area contributed by atoms with Crippen LogP contribution in [-0.2, 0) is 0 Å². The Morgan fingerprint density at radius 3 is 2.36 bits per heavy atom. The maximum atomic E-state index is 11.5. The molecule has 4 aliphatic rings. The third-order valence-corrected chi connectivity index (χ3v) is 11.3. The lowest BCUT2D eigenvalue weighted by Crippen LogP contribution is -2.59. The van der Waals surface area contributed by atoms with Gasteiger partial charge in [0.05, 0.1) is 6.10 Å². The summed E-state index contributed by atoms with van der Waals surface area (Å²) in [5.41, 5.74) is 6.48. The van der Waals surface area contributed by atoms with Crippen LogP contribution >= 0.6 is 0 Å². The highest BCUT2D eigenvalue weighted by atomic mass is 16.3. The van der Waals surface area contributed by atoms with E-state index in [4.69, 9.17) is 5.73 Å². The molecule has 0 aromatic rings. The Balaban J connectivity index is 1.30. The standard InChI is InChI=1S/C29H55N3O/c1-20(2)23-8-9-24-27-25(11-13-29(23,24)4)28(3)12-10-22(18-21(28)19-26(27)33)32-17-7-16-31-15-6-5-14-30/h20-27,31-33H,5-19,30H2,1-4H3/t21-,22+,23?,24?,25?,26?,27?,28+,29-/m1/s1. The van der Waals surface area contributed by atoms with E-state index in [1.54, 1.807) is 0 Å². The average molecular weight is 462 g/mol. The van der Waals surface area contributed by atoms with Gasteiger partial charge in [0.2, 0.25) is 0 Å². The summed E-state index contributed by atoms with van der Waals surface area (Å²) in [7, 11) is 0. The van der Waals surface area contributed by atoms with Crippen LogP contribution in [0.4, 0.5) is 0 Å². The van der Waals surface area contributed by atoms with Gasteiger partial charge >= 0.3 is 0 Å². The zero-order valence-corrected chi connectivity index (χ0v) is 22.2. The van der Waals surface area contributed by atoms with Gasteiger partial charge in [0.1, 0.15) is 0 Å². The fourth-order valence-corrected chi connectivity index (χ4v) is 9.58. The van der Waals surface area contributed by atoms with E-state index in [-0.39, 0.29) is 6.10 Å². The van der Waals surface area contributed by atoms with E-state index in [2.05, 4.69) is 38.3 Å². The molecule has 0 aromatic carbocycles. The molecule has 0 saturated heterocycles. The molecule has 5 unspecified atom stereocenters. The van der Waals surface area contributed by atoms with Gasteiger partial charge in [-0.3, -0.25) is 0 Å². The lowest BCUT2D eigenvalue weighted by atomic mass is 9.43. The van der Waals surface area contributed by atoms with E-state index in [0.29, 0.717) is 28.7 Å². The Labute approximate surface area is 204 Å². The number of fused-ring (bicyclic) bond motifs is 5. The first kappa shape index (κ1) is 25.9. The minimum Gasteiger partial charge on any atom is -0.393 e. The SMILES string of the molecule is CC(C)C1CCC2C3C(O)C[C@H]4C[C@@H](NCCCNCCCCN)CC[C@]4(C)C3CC[C@]12C. The largest absolute Gasteiger partial charge is 0.393 e. The molecule has 4 fully saturated rings. The molecule has 0 spiro atoms. The van der Waals surface area contributed by atoms with Crippen LogP contribution in [0.2, 0.25) is 0 Å². The maximum Gasteiger partial charge on any atom is 0.0577 e. The second-order valence-corrected chi connectivity index (χ2v) is 13.3. The van der Waals surface area contributed by atoms with Crippen molar-refractivity contribution < 1.29 is 5.11 Å². The van der Waals surface area contributed by atoms with Crippen molar-refractivity contribution in [3.63, 3.8) is 0 Å². The van der Waals surface area contributed by atoms with Crippen molar-refractivity contribution in [2.24, 2.45) is 52.1 Å². The minimum atomic E-state index is -0.0694. The zero-order valence-electron chi connectivity index (χ0n) is 22.2. The number of hydrogen-bond acceptors (Lipinski definition) is 4. The molecule has 0 aliphatic heterocycles. The fourth-order valence-electron chi connectivity index (χ4n) is 9.58. The van der Waals surface area contributed by atoms with Gasteiger partial charge in [-0.05, 0) is 143 Å². The van der Waals surface area contributed by atoms with Crippen LogP contribution in [0, 0.1) is 46.3 Å². The van der Waals surface area contributed by atoms with Crippen LogP contribution in [0.15, 0.2) is 0 Å². The predicted molar refractivity (Wildman–Crippen MR) is 139 cm³/mol. The van der Waals surface area contributed by atoms with E-state index in [0.717, 1.165) is 62.7 Å². The monoisotopic (exact) mass is 461 g/mol. The van der Waals surface area contributed by atoms with Crippen LogP contribution in [0.3, 0.4) is 0 Å². The van der Waals surface area contributed by atoms with Crippen molar-refractivity contribution in [3.8, 4) is 0 Å². The van der Waals surface area contributed by atoms with Gasteiger partial charge in [-0.1, -0.05) is 27.7 Å². The number of aliphatic hydroxyl groups is 1. The van der Waals surface area contributed by atoms with Crippen molar-refractivity contribution in [1.82, 2.24) is 10.6 Å². The summed E-state index contributed by atoms with van der Waals surface area (Å²) in [4.78, 5) is 0. The quantitative estimate of drug-likeness (QED) is 0.348. The van der Waals surface area contributed by atoms with Crippen molar-refractivity contribution >= 4 is 0 Å². The highest BCUT2D eigenvalue weighted by Gasteiger charge is 2.62. The number of nitrogens with one attached hydrogen (secondary N) is 2. The highest BCUT2D eigenvalue weighted by molar-refractivity contribution is 5.12. The fraction of sp³-hybridized carbons (Fsp3) is 1.00. The molecule has 0 heterocycles. The van der Waals surface area contributed by atoms with Gasteiger partial charge in [-0.2, -0.15) is 0 Å². The molecule has 4 rings (SSSR count). The number of nitrogens with two attached hydrogens (primary N) is 1. The molecule has 192 valence electrons. The van der Waals surface area contributed by atoms with E-state index >= 15 is 0 Å². The van der Waals surface area contributed by atoms with E-state index < -0.39 is 0 Å². The molecule has 4 nitrogen and oxygen atoms in total. The van der Waals surface area contributed by atoms with Crippen LogP contribution in [0.1, 0.15) is 98.3 Å². The van der Waals surface area contributed by atoms with Crippen molar-refractivity contribution in [2.75, 3.05) is 26.2 Å². The third kappa shape index (κ3) is 5.06. The Hall–Kier alpha value is -0.160. The first-order valence-corrected chi connectivity index (χ1v) is 14.6. The summed E-state index contributed by atoms with van der Waals surface area (Å²) in [6.07, 6.45) is 14.0. The van der Waals surface area contributed by atoms with Crippen molar-refractivity contribution in [3.05, 3.63) is 0 Å². The Bertz CT molecular complexity index is 626. The molecule has 0 amide bonds. The third-order valence-electron chi connectivity index (χ3n) is 11.3. The molecule has 4 heteroatoms. The number of rotatable bonds is 10. The van der Waals surface area contributed by atoms with Gasteiger partial charge in [0.25, 0.3) is 0 Å². The lowest BCUT2D eigenvalue weighted by Gasteiger charge is -2.62. The molecular formula is C29H55N3O. The zero-order chi connectivity index (χ0) is 23.6. The van der Waals surface area contributed by atoms with Gasteiger partial charge in [0, 0.05) is 6.04 Å². The summed E-state index contributed by atoms with van der Waals surface area (Å²) < 4.78 is 0. The summed E-state index contributed by atoms with van der Waals surface area (Å²) in [5.74, 6) is 4.39. The lowest BCUT2D eigenvalue weighted by molar-refractivity contribution is -0.166. The minimum absolute atomic E-state index is 0.0694. The van der Waals surface area contributed by atoms with Gasteiger partial charge in [-0.25, -0.2) is 0 Å². The van der Waals surface area contributed by atoms with Crippen LogP contribution < -0.4 is 16.4 Å². The first-order valence-electron chi connectivity index (χ1n) is 14.6. The average Bonchev–Trinajstić information content (AvgIpc) is 3.14. The molecule has 0 bridgehead atoms. The molecule has 0 radical (unpaired) electrons. The molecule has 0 aromatic heterocycles. The number of unbranched alkanes of at least 4 members (excludes halogenated alkanes) is 1. The van der Waals surface area contributed by atoms with Crippen molar-refractivity contribution in [1.29, 1.82) is 0 Å². The smallest absolute Gasteiger partial charge is 0.0577 e. The Morgan fingerprint density at radius 1 is 0.879 bits per heavy atom. The van der Waals surface area contributed by atoms with Gasteiger partial charge in [0.15, 0.2) is 0 Å². The molecular weight excluding hydrogens is 406 g/mol. The molecule has 33 heavy (non-hydrogen) atoms. The van der Waals surface area contributed by atoms with Crippen LogP contribution in [0.5, 0.6) is 0 Å². The molecule has 5 N–H and O–H groups in total. The molecule has 9 atom stereocenters. The second kappa shape index (κ2) is 10.8. The summed E-state index contributed by atoms with van der Waals surface area (Å²) in [6, 6.07) is 0.648. The Kier molecular flexibility index (Phi) is 8.52. The highest BCUT2D eigenvalue weighted by Crippen LogP contribution is 2.68. The number of hydrogen-bond donors (Lipinski definition) is 4. The topological polar surface area (TPSA) is 70.3 Å². The van der Waals surface area contributed by atoms with E-state index in [9.17, 15) is 5.11 Å². The normalized spacial score (nSPS) is 45.0. The summed E-state index contributed by atoms with van der Waals surface area (Å²) >= 11 is 0. The molecule has 4 aliphatic carbocycles. The Morgan fingerprint density at radius 2 is 1.61 bits per heavy atom. The van der Waals surface area contributed by atoms with Crippen LogP contribution in [0.25, 0.3) is 0 Å². The van der Waals surface area contributed by atoms with Gasteiger partial charge < -0.3 is 21.5 Å².